The van der Waals surface area contributed by atoms with Crippen molar-refractivity contribution in [3.05, 3.63) is 53.6 Å². The van der Waals surface area contributed by atoms with E-state index in [-0.39, 0.29) is 5.91 Å². The number of hydrogen-bond donors (Lipinski definition) is 1. The summed E-state index contributed by atoms with van der Waals surface area (Å²) in [6.45, 7) is 9.31. The van der Waals surface area contributed by atoms with E-state index in [4.69, 9.17) is 9.47 Å². The highest BCUT2D eigenvalue weighted by atomic mass is 16.5. The van der Waals surface area contributed by atoms with Crippen molar-refractivity contribution in [1.29, 1.82) is 0 Å². The van der Waals surface area contributed by atoms with Crippen LogP contribution in [0, 0.1) is 13.8 Å². The topological polar surface area (TPSA) is 50.8 Å². The average molecular weight is 368 g/mol. The molecule has 0 unspecified atom stereocenters. The number of benzene rings is 2. The molecule has 1 amide bonds. The minimum Gasteiger partial charge on any atom is -0.480 e. The molecule has 1 N–H and O–H groups in total. The van der Waals surface area contributed by atoms with Gasteiger partial charge in [0.2, 0.25) is 0 Å². The van der Waals surface area contributed by atoms with E-state index in [0.717, 1.165) is 54.6 Å². The van der Waals surface area contributed by atoms with Crippen LogP contribution < -0.4 is 15.0 Å². The van der Waals surface area contributed by atoms with Gasteiger partial charge in [0, 0.05) is 24.5 Å². The minimum atomic E-state index is -0.524. The zero-order valence-corrected chi connectivity index (χ0v) is 16.3. The van der Waals surface area contributed by atoms with Crippen molar-refractivity contribution in [2.75, 3.05) is 36.5 Å². The molecule has 5 nitrogen and oxygen atoms in total. The monoisotopic (exact) mass is 368 g/mol. The molecule has 1 atom stereocenters. The summed E-state index contributed by atoms with van der Waals surface area (Å²) in [6.07, 6.45) is 0.0786. The van der Waals surface area contributed by atoms with Crippen LogP contribution in [-0.2, 0) is 9.53 Å². The molecule has 2 aromatic carbocycles. The first-order chi connectivity index (χ1) is 13.1. The van der Waals surface area contributed by atoms with Gasteiger partial charge in [0.05, 0.1) is 13.2 Å². The molecule has 0 bridgehead atoms. The summed E-state index contributed by atoms with van der Waals surface area (Å²) < 4.78 is 11.4. The van der Waals surface area contributed by atoms with Crippen molar-refractivity contribution in [2.24, 2.45) is 0 Å². The van der Waals surface area contributed by atoms with Crippen LogP contribution in [0.25, 0.3) is 0 Å². The lowest BCUT2D eigenvalue weighted by Crippen LogP contribution is -2.36. The second-order valence-electron chi connectivity index (χ2n) is 6.85. The fraction of sp³-hybridized carbons (Fsp3) is 0.409. The van der Waals surface area contributed by atoms with Crippen molar-refractivity contribution in [3.63, 3.8) is 0 Å². The molecule has 1 fully saturated rings. The first kappa shape index (κ1) is 19.2. The Morgan fingerprint density at radius 3 is 2.52 bits per heavy atom. The lowest BCUT2D eigenvalue weighted by atomic mass is 10.1. The smallest absolute Gasteiger partial charge is 0.265 e. The predicted octanol–water partition coefficient (Wildman–Crippen LogP) is 3.94. The van der Waals surface area contributed by atoms with Crippen LogP contribution in [0.4, 0.5) is 11.4 Å². The van der Waals surface area contributed by atoms with E-state index >= 15 is 0 Å². The van der Waals surface area contributed by atoms with Gasteiger partial charge in [-0.2, -0.15) is 0 Å². The van der Waals surface area contributed by atoms with Crippen molar-refractivity contribution in [1.82, 2.24) is 0 Å². The van der Waals surface area contributed by atoms with E-state index in [9.17, 15) is 4.79 Å². The van der Waals surface area contributed by atoms with Crippen LogP contribution >= 0.6 is 0 Å². The molecule has 1 saturated heterocycles. The molecule has 0 spiro atoms. The normalized spacial score (nSPS) is 15.3. The van der Waals surface area contributed by atoms with E-state index < -0.39 is 6.10 Å². The van der Waals surface area contributed by atoms with E-state index in [2.05, 4.69) is 10.2 Å². The van der Waals surface area contributed by atoms with E-state index in [0.29, 0.717) is 6.42 Å². The number of ether oxygens (including phenoxy) is 2. The zero-order chi connectivity index (χ0) is 19.2. The van der Waals surface area contributed by atoms with Crippen molar-refractivity contribution >= 4 is 17.3 Å². The van der Waals surface area contributed by atoms with Gasteiger partial charge in [-0.05, 0) is 61.7 Å². The Kier molecular flexibility index (Phi) is 6.35. The summed E-state index contributed by atoms with van der Waals surface area (Å²) in [6, 6.07) is 13.9. The maximum atomic E-state index is 12.7. The summed E-state index contributed by atoms with van der Waals surface area (Å²) in [4.78, 5) is 15.0. The highest BCUT2D eigenvalue weighted by Gasteiger charge is 2.20. The SMILES string of the molecule is CC[C@H](Oc1cccc(C)c1C)C(=O)Nc1ccc(N2CCOCC2)cc1. The average Bonchev–Trinajstić information content (AvgIpc) is 2.70. The lowest BCUT2D eigenvalue weighted by molar-refractivity contribution is -0.122. The van der Waals surface area contributed by atoms with Gasteiger partial charge in [-0.25, -0.2) is 0 Å². The van der Waals surface area contributed by atoms with Crippen LogP contribution in [0.1, 0.15) is 24.5 Å². The van der Waals surface area contributed by atoms with E-state index in [1.165, 1.54) is 0 Å². The molecule has 1 aliphatic rings. The van der Waals surface area contributed by atoms with E-state index in [1.54, 1.807) is 0 Å². The Labute approximate surface area is 161 Å². The number of hydrogen-bond acceptors (Lipinski definition) is 4. The quantitative estimate of drug-likeness (QED) is 0.839. The number of nitrogens with zero attached hydrogens (tertiary/aromatic N) is 1. The second kappa shape index (κ2) is 8.91. The van der Waals surface area contributed by atoms with Crippen LogP contribution in [-0.4, -0.2) is 38.3 Å². The molecule has 0 aliphatic carbocycles. The third-order valence-corrected chi connectivity index (χ3v) is 5.00. The Balaban J connectivity index is 1.63. The highest BCUT2D eigenvalue weighted by molar-refractivity contribution is 5.94. The minimum absolute atomic E-state index is 0.127. The molecule has 144 valence electrons. The molecule has 5 heteroatoms. The third kappa shape index (κ3) is 4.80. The first-order valence-electron chi connectivity index (χ1n) is 9.55. The summed E-state index contributed by atoms with van der Waals surface area (Å²) in [5.74, 6) is 0.636. The standard InChI is InChI=1S/C22H28N2O3/c1-4-20(27-21-7-5-6-16(2)17(21)3)22(25)23-18-8-10-19(11-9-18)24-12-14-26-15-13-24/h5-11,20H,4,12-15H2,1-3H3,(H,23,25)/t20-/m0/s1. The van der Waals surface area contributed by atoms with Gasteiger partial charge in [0.1, 0.15) is 5.75 Å². The Morgan fingerprint density at radius 1 is 1.15 bits per heavy atom. The zero-order valence-electron chi connectivity index (χ0n) is 16.3. The fourth-order valence-corrected chi connectivity index (χ4v) is 3.13. The first-order valence-corrected chi connectivity index (χ1v) is 9.55. The summed E-state index contributed by atoms with van der Waals surface area (Å²) >= 11 is 0. The molecular weight excluding hydrogens is 340 g/mol. The van der Waals surface area contributed by atoms with Crippen LogP contribution in [0.2, 0.25) is 0 Å². The van der Waals surface area contributed by atoms with Crippen molar-refractivity contribution < 1.29 is 14.3 Å². The van der Waals surface area contributed by atoms with Crippen LogP contribution in [0.5, 0.6) is 5.75 Å². The van der Waals surface area contributed by atoms with Gasteiger partial charge in [0.25, 0.3) is 5.91 Å². The lowest BCUT2D eigenvalue weighted by Gasteiger charge is -2.29. The third-order valence-electron chi connectivity index (χ3n) is 5.00. The Hall–Kier alpha value is -2.53. The Bertz CT molecular complexity index is 768. The summed E-state index contributed by atoms with van der Waals surface area (Å²) in [5.41, 5.74) is 4.15. The number of rotatable bonds is 6. The molecule has 3 rings (SSSR count). The number of aryl methyl sites for hydroxylation is 1. The van der Waals surface area contributed by atoms with Crippen LogP contribution in [0.15, 0.2) is 42.5 Å². The van der Waals surface area contributed by atoms with Gasteiger partial charge < -0.3 is 19.7 Å². The molecule has 1 aliphatic heterocycles. The number of morpholine rings is 1. The van der Waals surface area contributed by atoms with Crippen molar-refractivity contribution in [2.45, 2.75) is 33.3 Å². The summed E-state index contributed by atoms with van der Waals surface area (Å²) in [5, 5.41) is 2.97. The number of carbonyl (C=O) groups excluding carboxylic acids is 1. The molecule has 0 saturated carbocycles. The van der Waals surface area contributed by atoms with Gasteiger partial charge in [-0.3, -0.25) is 4.79 Å². The van der Waals surface area contributed by atoms with Gasteiger partial charge >= 0.3 is 0 Å². The summed E-state index contributed by atoms with van der Waals surface area (Å²) in [7, 11) is 0. The molecular formula is C22H28N2O3. The molecule has 0 radical (unpaired) electrons. The molecule has 0 aromatic heterocycles. The fourth-order valence-electron chi connectivity index (χ4n) is 3.13. The maximum absolute atomic E-state index is 12.7. The molecule has 1 heterocycles. The predicted molar refractivity (Wildman–Crippen MR) is 109 cm³/mol. The second-order valence-corrected chi connectivity index (χ2v) is 6.85. The van der Waals surface area contributed by atoms with Crippen molar-refractivity contribution in [3.8, 4) is 5.75 Å². The van der Waals surface area contributed by atoms with Gasteiger partial charge in [0.15, 0.2) is 6.10 Å². The number of carbonyl (C=O) groups is 1. The largest absolute Gasteiger partial charge is 0.480 e. The highest BCUT2D eigenvalue weighted by Crippen LogP contribution is 2.23. The molecule has 27 heavy (non-hydrogen) atoms. The van der Waals surface area contributed by atoms with Gasteiger partial charge in [-0.15, -0.1) is 0 Å². The number of nitrogens with one attached hydrogen (secondary N) is 1. The molecule has 2 aromatic rings. The van der Waals surface area contributed by atoms with Gasteiger partial charge in [-0.1, -0.05) is 19.1 Å². The Morgan fingerprint density at radius 2 is 1.85 bits per heavy atom. The number of anilines is 2. The maximum Gasteiger partial charge on any atom is 0.265 e. The number of amides is 1. The van der Waals surface area contributed by atoms with E-state index in [1.807, 2.05) is 63.2 Å². The van der Waals surface area contributed by atoms with Crippen LogP contribution in [0.3, 0.4) is 0 Å².